The van der Waals surface area contributed by atoms with Crippen LogP contribution in [0.25, 0.3) is 0 Å². The van der Waals surface area contributed by atoms with E-state index in [1.807, 2.05) is 12.1 Å². The summed E-state index contributed by atoms with van der Waals surface area (Å²) < 4.78 is 23.9. The molecule has 2 heterocycles. The highest BCUT2D eigenvalue weighted by molar-refractivity contribution is 7.80. The number of halogens is 1. The Morgan fingerprint density at radius 1 is 1.13 bits per heavy atom. The summed E-state index contributed by atoms with van der Waals surface area (Å²) in [7, 11) is 0. The van der Waals surface area contributed by atoms with Gasteiger partial charge in [0.05, 0.1) is 17.7 Å². The van der Waals surface area contributed by atoms with Crippen molar-refractivity contribution >= 4 is 41.0 Å². The molecule has 38 heavy (non-hydrogen) atoms. The molecule has 2 saturated heterocycles. The van der Waals surface area contributed by atoms with E-state index in [1.165, 1.54) is 0 Å². The number of primary amides is 1. The van der Waals surface area contributed by atoms with Crippen LogP contribution in [0.1, 0.15) is 30.1 Å². The number of esters is 2. The van der Waals surface area contributed by atoms with Crippen LogP contribution < -0.4 is 11.1 Å². The van der Waals surface area contributed by atoms with Crippen LogP contribution in [0.15, 0.2) is 73.1 Å². The fourth-order valence-electron chi connectivity index (χ4n) is 4.17. The SMILES string of the molecule is NC(=O)C(/C=C\F)C(=S)N[C@H]1CON(C2(C(=O)OC(c3ccccc3)c3ccccc3)CCC(=O)O2)C1=O. The van der Waals surface area contributed by atoms with Gasteiger partial charge in [0, 0.05) is 6.42 Å². The van der Waals surface area contributed by atoms with E-state index >= 15 is 0 Å². The van der Waals surface area contributed by atoms with Crippen molar-refractivity contribution < 1.29 is 37.9 Å². The van der Waals surface area contributed by atoms with Crippen molar-refractivity contribution in [2.45, 2.75) is 30.7 Å². The lowest BCUT2D eigenvalue weighted by Crippen LogP contribution is -2.57. The van der Waals surface area contributed by atoms with Crippen LogP contribution >= 0.6 is 12.2 Å². The van der Waals surface area contributed by atoms with Gasteiger partial charge in [0.15, 0.2) is 6.10 Å². The van der Waals surface area contributed by atoms with Crippen LogP contribution in [0.4, 0.5) is 4.39 Å². The van der Waals surface area contributed by atoms with Crippen molar-refractivity contribution in [3.05, 3.63) is 84.2 Å². The average Bonchev–Trinajstić information content (AvgIpc) is 3.49. The first-order valence-corrected chi connectivity index (χ1v) is 12.0. The van der Waals surface area contributed by atoms with Crippen LogP contribution in [0.2, 0.25) is 0 Å². The summed E-state index contributed by atoms with van der Waals surface area (Å²) in [5.41, 5.74) is 4.38. The van der Waals surface area contributed by atoms with Gasteiger partial charge >= 0.3 is 17.7 Å². The van der Waals surface area contributed by atoms with E-state index in [2.05, 4.69) is 5.32 Å². The Morgan fingerprint density at radius 2 is 1.74 bits per heavy atom. The van der Waals surface area contributed by atoms with Gasteiger partial charge in [-0.25, -0.2) is 9.18 Å². The molecule has 3 N–H and O–H groups in total. The molecule has 0 aliphatic carbocycles. The summed E-state index contributed by atoms with van der Waals surface area (Å²) in [5, 5.41) is 3.28. The highest BCUT2D eigenvalue weighted by Crippen LogP contribution is 2.37. The molecule has 12 heteroatoms. The standard InChI is InChI=1S/C26H24FN3O7S/c27-14-12-18(22(28)32)23(38)29-19-15-35-30(24(19)33)26(13-11-20(31)37-26)25(34)36-21(16-7-3-1-4-8-16)17-9-5-2-6-10-17/h1-10,12,14,18-19,21H,11,13,15H2,(H2,28,32)(H,29,38)/b14-12-/t18?,19-,26?/m0/s1. The number of hydrogen-bond acceptors (Lipinski definition) is 8. The minimum absolute atomic E-state index is 0.113. The topological polar surface area (TPSA) is 137 Å². The van der Waals surface area contributed by atoms with Crippen LogP contribution in [-0.2, 0) is 33.5 Å². The van der Waals surface area contributed by atoms with E-state index < -0.39 is 47.5 Å². The van der Waals surface area contributed by atoms with Crippen molar-refractivity contribution in [3.63, 3.8) is 0 Å². The van der Waals surface area contributed by atoms with Crippen LogP contribution in [0.5, 0.6) is 0 Å². The summed E-state index contributed by atoms with van der Waals surface area (Å²) in [4.78, 5) is 56.1. The minimum atomic E-state index is -2.18. The molecular formula is C26H24FN3O7S. The number of amides is 2. The molecule has 0 bridgehead atoms. The van der Waals surface area contributed by atoms with Crippen molar-refractivity contribution in [2.24, 2.45) is 11.7 Å². The minimum Gasteiger partial charge on any atom is -0.448 e. The van der Waals surface area contributed by atoms with Gasteiger partial charge in [0.25, 0.3) is 5.91 Å². The predicted octanol–water partition coefficient (Wildman–Crippen LogP) is 2.00. The fraction of sp³-hybridized carbons (Fsp3) is 0.269. The number of nitrogens with two attached hydrogens (primary N) is 1. The Balaban J connectivity index is 1.59. The molecule has 2 unspecified atom stereocenters. The second-order valence-electron chi connectivity index (χ2n) is 8.55. The predicted molar refractivity (Wildman–Crippen MR) is 134 cm³/mol. The molecule has 0 aromatic heterocycles. The Kier molecular flexibility index (Phi) is 8.13. The first-order chi connectivity index (χ1) is 18.3. The largest absolute Gasteiger partial charge is 0.448 e. The molecular weight excluding hydrogens is 517 g/mol. The zero-order valence-electron chi connectivity index (χ0n) is 20.0. The Bertz CT molecular complexity index is 1220. The highest BCUT2D eigenvalue weighted by Gasteiger charge is 2.60. The quantitative estimate of drug-likeness (QED) is 0.361. The number of benzene rings is 2. The molecule has 198 valence electrons. The Labute approximate surface area is 222 Å². The number of carbonyl (C=O) groups is 4. The van der Waals surface area contributed by atoms with Crippen molar-refractivity contribution in [2.75, 3.05) is 6.61 Å². The number of nitrogens with one attached hydrogen (secondary N) is 1. The number of nitrogens with zero attached hydrogens (tertiary/aromatic N) is 1. The summed E-state index contributed by atoms with van der Waals surface area (Å²) in [6, 6.07) is 16.7. The molecule has 2 amide bonds. The van der Waals surface area contributed by atoms with Gasteiger partial charge in [-0.1, -0.05) is 72.9 Å². The third kappa shape index (κ3) is 5.41. The van der Waals surface area contributed by atoms with E-state index in [0.717, 1.165) is 6.08 Å². The second-order valence-corrected chi connectivity index (χ2v) is 8.99. The molecule has 2 fully saturated rings. The van der Waals surface area contributed by atoms with E-state index in [4.69, 9.17) is 32.3 Å². The number of ether oxygens (including phenoxy) is 2. The molecule has 10 nitrogen and oxygen atoms in total. The monoisotopic (exact) mass is 541 g/mol. The molecule has 0 saturated carbocycles. The van der Waals surface area contributed by atoms with Gasteiger partial charge in [0.2, 0.25) is 5.91 Å². The third-order valence-corrected chi connectivity index (χ3v) is 6.44. The van der Waals surface area contributed by atoms with Gasteiger partial charge in [-0.2, -0.15) is 5.06 Å². The van der Waals surface area contributed by atoms with Gasteiger partial charge in [-0.05, 0) is 17.2 Å². The lowest BCUT2D eigenvalue weighted by Gasteiger charge is -2.34. The van der Waals surface area contributed by atoms with Crippen LogP contribution in [0, 0.1) is 5.92 Å². The molecule has 0 spiro atoms. The smallest absolute Gasteiger partial charge is 0.376 e. The summed E-state index contributed by atoms with van der Waals surface area (Å²) >= 11 is 5.11. The van der Waals surface area contributed by atoms with E-state index in [1.54, 1.807) is 48.5 Å². The van der Waals surface area contributed by atoms with Crippen molar-refractivity contribution in [1.82, 2.24) is 10.4 Å². The van der Waals surface area contributed by atoms with E-state index in [-0.39, 0.29) is 30.8 Å². The van der Waals surface area contributed by atoms with Crippen LogP contribution in [0.3, 0.4) is 0 Å². The second kappa shape index (κ2) is 11.5. The number of thiocarbonyl (C=S) groups is 1. The van der Waals surface area contributed by atoms with Gasteiger partial charge < -0.3 is 20.5 Å². The lowest BCUT2D eigenvalue weighted by atomic mass is 10.0. The zero-order chi connectivity index (χ0) is 27.3. The molecule has 2 aromatic rings. The Morgan fingerprint density at radius 3 is 2.24 bits per heavy atom. The third-order valence-electron chi connectivity index (χ3n) is 6.07. The molecule has 0 radical (unpaired) electrons. The first-order valence-electron chi connectivity index (χ1n) is 11.6. The molecule has 3 atom stereocenters. The number of hydrogen-bond donors (Lipinski definition) is 2. The molecule has 2 aromatic carbocycles. The zero-order valence-corrected chi connectivity index (χ0v) is 20.8. The maximum atomic E-state index is 13.7. The molecule has 2 aliphatic heterocycles. The lowest BCUT2D eigenvalue weighted by molar-refractivity contribution is -0.260. The average molecular weight is 542 g/mol. The van der Waals surface area contributed by atoms with Gasteiger partial charge in [-0.15, -0.1) is 0 Å². The first kappa shape index (κ1) is 26.9. The van der Waals surface area contributed by atoms with Crippen LogP contribution in [-0.4, -0.2) is 52.2 Å². The summed E-state index contributed by atoms with van der Waals surface area (Å²) in [5.74, 6) is -4.77. The normalized spacial score (nSPS) is 21.9. The number of cyclic esters (lactones) is 1. The molecule has 2 aliphatic rings. The summed E-state index contributed by atoms with van der Waals surface area (Å²) in [6.45, 7) is -0.322. The van der Waals surface area contributed by atoms with Crippen molar-refractivity contribution in [1.29, 1.82) is 0 Å². The Hall–Kier alpha value is -4.16. The maximum Gasteiger partial charge on any atom is 0.376 e. The van der Waals surface area contributed by atoms with Crippen molar-refractivity contribution in [3.8, 4) is 0 Å². The maximum absolute atomic E-state index is 13.7. The summed E-state index contributed by atoms with van der Waals surface area (Å²) in [6.07, 6.45) is -0.296. The van der Waals surface area contributed by atoms with E-state index in [9.17, 15) is 23.6 Å². The molecule has 4 rings (SSSR count). The van der Waals surface area contributed by atoms with Gasteiger partial charge in [0.1, 0.15) is 18.6 Å². The number of carbonyl (C=O) groups excluding carboxylic acids is 4. The highest BCUT2D eigenvalue weighted by atomic mass is 32.1. The van der Waals surface area contributed by atoms with E-state index in [0.29, 0.717) is 16.2 Å². The number of rotatable bonds is 9. The van der Waals surface area contributed by atoms with Gasteiger partial charge in [-0.3, -0.25) is 19.2 Å². The fourth-order valence-corrected chi connectivity index (χ4v) is 4.51. The number of hydroxylamine groups is 2.